The van der Waals surface area contributed by atoms with Crippen LogP contribution in [0.15, 0.2) is 51.9 Å². The number of carbonyl (C=O) groups excluding carboxylic acids is 1. The normalized spacial score (nSPS) is 10.2. The summed E-state index contributed by atoms with van der Waals surface area (Å²) in [5.41, 5.74) is 3.83. The van der Waals surface area contributed by atoms with Crippen LogP contribution < -0.4 is 19.5 Å². The molecule has 0 unspecified atom stereocenters. The summed E-state index contributed by atoms with van der Waals surface area (Å²) in [6.45, 7) is 0.399. The van der Waals surface area contributed by atoms with Crippen molar-refractivity contribution in [2.75, 3.05) is 27.9 Å². The molecule has 0 radical (unpaired) electrons. The van der Waals surface area contributed by atoms with Gasteiger partial charge >= 0.3 is 0 Å². The van der Waals surface area contributed by atoms with Crippen LogP contribution in [0.5, 0.6) is 17.2 Å². The first-order valence-electron chi connectivity index (χ1n) is 8.51. The van der Waals surface area contributed by atoms with Gasteiger partial charge in [-0.3, -0.25) is 4.79 Å². The van der Waals surface area contributed by atoms with E-state index in [2.05, 4.69) is 28.2 Å². The van der Waals surface area contributed by atoms with E-state index in [1.807, 2.05) is 16.8 Å². The Kier molecular flexibility index (Phi) is 6.73. The molecule has 0 aliphatic rings. The molecule has 5 nitrogen and oxygen atoms in total. The summed E-state index contributed by atoms with van der Waals surface area (Å²) in [5.74, 6) is 1.13. The van der Waals surface area contributed by atoms with E-state index in [-0.39, 0.29) is 5.91 Å². The molecule has 0 aliphatic carbocycles. The van der Waals surface area contributed by atoms with Crippen LogP contribution in [-0.2, 0) is 0 Å². The van der Waals surface area contributed by atoms with Crippen molar-refractivity contribution in [1.29, 1.82) is 0 Å². The van der Waals surface area contributed by atoms with Crippen LogP contribution in [0.2, 0.25) is 0 Å². The van der Waals surface area contributed by atoms with Crippen molar-refractivity contribution < 1.29 is 19.0 Å². The maximum Gasteiger partial charge on any atom is 0.251 e. The number of thiophene rings is 2. The Labute approximate surface area is 172 Å². The maximum atomic E-state index is 12.6. The van der Waals surface area contributed by atoms with Crippen LogP contribution in [-0.4, -0.2) is 33.8 Å². The maximum absolute atomic E-state index is 12.6. The van der Waals surface area contributed by atoms with Gasteiger partial charge in [-0.05, 0) is 62.5 Å². The van der Waals surface area contributed by atoms with Crippen molar-refractivity contribution in [3.63, 3.8) is 0 Å². The van der Waals surface area contributed by atoms with Gasteiger partial charge < -0.3 is 19.5 Å². The highest BCUT2D eigenvalue weighted by atomic mass is 32.1. The molecule has 1 N–H and O–H groups in total. The number of benzene rings is 1. The lowest BCUT2D eigenvalue weighted by atomic mass is 10.0. The fourth-order valence-corrected chi connectivity index (χ4v) is 4.11. The van der Waals surface area contributed by atoms with Gasteiger partial charge in [0.25, 0.3) is 5.91 Å². The number of carbonyl (C=O) groups is 1. The molecule has 1 aromatic carbocycles. The molecule has 0 bridgehead atoms. The summed E-state index contributed by atoms with van der Waals surface area (Å²) in [6, 6.07) is 7.43. The lowest BCUT2D eigenvalue weighted by Crippen LogP contribution is -2.23. The van der Waals surface area contributed by atoms with E-state index < -0.39 is 0 Å². The molecule has 0 atom stereocenters. The number of ether oxygens (including phenoxy) is 3. The van der Waals surface area contributed by atoms with Gasteiger partial charge in [0, 0.05) is 12.1 Å². The Hall–Kier alpha value is -2.77. The van der Waals surface area contributed by atoms with Crippen molar-refractivity contribution >= 4 is 34.2 Å². The molecule has 28 heavy (non-hydrogen) atoms. The van der Waals surface area contributed by atoms with Gasteiger partial charge in [-0.15, -0.1) is 0 Å². The standard InChI is InChI=1S/C21H21NO4S2/c1-24-18-10-16(11-19(25-2)20(18)26-3)21(23)22-7-4-17(14-5-8-27-12-14)15-6-9-28-13-15/h4-6,8-13H,7H2,1-3H3,(H,22,23). The largest absolute Gasteiger partial charge is 0.493 e. The van der Waals surface area contributed by atoms with E-state index >= 15 is 0 Å². The predicted molar refractivity (Wildman–Crippen MR) is 114 cm³/mol. The lowest BCUT2D eigenvalue weighted by Gasteiger charge is -2.14. The molecule has 0 fully saturated rings. The van der Waals surface area contributed by atoms with Crippen LogP contribution in [0.25, 0.3) is 5.57 Å². The average molecular weight is 416 g/mol. The van der Waals surface area contributed by atoms with Crippen molar-refractivity contribution in [2.45, 2.75) is 0 Å². The number of methoxy groups -OCH3 is 3. The molecule has 2 aromatic heterocycles. The molecular formula is C21H21NO4S2. The van der Waals surface area contributed by atoms with Gasteiger partial charge in [-0.2, -0.15) is 22.7 Å². The first kappa shape index (κ1) is 20.0. The van der Waals surface area contributed by atoms with Crippen molar-refractivity contribution in [1.82, 2.24) is 5.32 Å². The number of nitrogens with one attached hydrogen (secondary N) is 1. The number of amides is 1. The van der Waals surface area contributed by atoms with Gasteiger partial charge in [0.05, 0.1) is 21.3 Å². The second-order valence-electron chi connectivity index (χ2n) is 5.77. The Balaban J connectivity index is 1.79. The summed E-state index contributed by atoms with van der Waals surface area (Å²) in [7, 11) is 4.58. The third-order valence-electron chi connectivity index (χ3n) is 4.16. The van der Waals surface area contributed by atoms with Crippen molar-refractivity contribution in [3.05, 3.63) is 68.6 Å². The van der Waals surface area contributed by atoms with E-state index in [0.29, 0.717) is 29.4 Å². The third kappa shape index (κ3) is 4.37. The quantitative estimate of drug-likeness (QED) is 0.580. The zero-order chi connectivity index (χ0) is 19.9. The Bertz CT molecular complexity index is 886. The van der Waals surface area contributed by atoms with Crippen LogP contribution in [0.4, 0.5) is 0 Å². The van der Waals surface area contributed by atoms with Crippen molar-refractivity contribution in [2.24, 2.45) is 0 Å². The van der Waals surface area contributed by atoms with Crippen LogP contribution in [0, 0.1) is 0 Å². The minimum Gasteiger partial charge on any atom is -0.493 e. The topological polar surface area (TPSA) is 56.8 Å². The Morgan fingerprint density at radius 2 is 1.50 bits per heavy atom. The van der Waals surface area contributed by atoms with Gasteiger partial charge in [0.15, 0.2) is 11.5 Å². The van der Waals surface area contributed by atoms with E-state index in [4.69, 9.17) is 14.2 Å². The molecule has 0 saturated heterocycles. The smallest absolute Gasteiger partial charge is 0.251 e. The minimum atomic E-state index is -0.217. The fraction of sp³-hybridized carbons (Fsp3) is 0.190. The molecule has 0 spiro atoms. The highest BCUT2D eigenvalue weighted by molar-refractivity contribution is 7.08. The average Bonchev–Trinajstić information content (AvgIpc) is 3.44. The predicted octanol–water partition coefficient (Wildman–Crippen LogP) is 4.70. The molecule has 3 aromatic rings. The second-order valence-corrected chi connectivity index (χ2v) is 7.33. The molecule has 0 saturated carbocycles. The van der Waals surface area contributed by atoms with Gasteiger partial charge in [-0.25, -0.2) is 0 Å². The van der Waals surface area contributed by atoms with Crippen molar-refractivity contribution in [3.8, 4) is 17.2 Å². The summed E-state index contributed by atoms with van der Waals surface area (Å²) in [6.07, 6.45) is 2.03. The molecule has 1 amide bonds. The monoisotopic (exact) mass is 415 g/mol. The first-order chi connectivity index (χ1) is 13.7. The van der Waals surface area contributed by atoms with Gasteiger partial charge in [-0.1, -0.05) is 6.08 Å². The fourth-order valence-electron chi connectivity index (χ4n) is 2.80. The second kappa shape index (κ2) is 9.43. The SMILES string of the molecule is COc1cc(C(=O)NCC=C(c2ccsc2)c2ccsc2)cc(OC)c1OC. The first-order valence-corrected chi connectivity index (χ1v) is 10.4. The van der Waals surface area contributed by atoms with E-state index in [1.54, 1.807) is 34.8 Å². The van der Waals surface area contributed by atoms with Gasteiger partial charge in [0.2, 0.25) is 5.75 Å². The summed E-state index contributed by atoms with van der Waals surface area (Å²) < 4.78 is 15.9. The number of rotatable bonds is 8. The van der Waals surface area contributed by atoms with Crippen LogP contribution in [0.3, 0.4) is 0 Å². The highest BCUT2D eigenvalue weighted by Gasteiger charge is 2.16. The molecule has 7 heteroatoms. The molecule has 3 rings (SSSR count). The zero-order valence-electron chi connectivity index (χ0n) is 15.9. The van der Waals surface area contributed by atoms with Crippen LogP contribution >= 0.6 is 22.7 Å². The van der Waals surface area contributed by atoms with E-state index in [9.17, 15) is 4.79 Å². The molecule has 146 valence electrons. The lowest BCUT2D eigenvalue weighted by molar-refractivity contribution is 0.0957. The van der Waals surface area contributed by atoms with Crippen LogP contribution in [0.1, 0.15) is 21.5 Å². The summed E-state index contributed by atoms with van der Waals surface area (Å²) >= 11 is 3.30. The Morgan fingerprint density at radius 3 is 1.93 bits per heavy atom. The molecular weight excluding hydrogens is 394 g/mol. The molecule has 0 aliphatic heterocycles. The Morgan fingerprint density at radius 1 is 0.929 bits per heavy atom. The zero-order valence-corrected chi connectivity index (χ0v) is 17.5. The highest BCUT2D eigenvalue weighted by Crippen LogP contribution is 2.38. The number of hydrogen-bond donors (Lipinski definition) is 1. The molecule has 2 heterocycles. The van der Waals surface area contributed by atoms with Gasteiger partial charge in [0.1, 0.15) is 0 Å². The minimum absolute atomic E-state index is 0.217. The van der Waals surface area contributed by atoms with E-state index in [0.717, 1.165) is 16.7 Å². The summed E-state index contributed by atoms with van der Waals surface area (Å²) in [5, 5.41) is 11.2. The number of hydrogen-bond acceptors (Lipinski definition) is 6. The third-order valence-corrected chi connectivity index (χ3v) is 5.53. The van der Waals surface area contributed by atoms with E-state index in [1.165, 1.54) is 21.3 Å². The summed E-state index contributed by atoms with van der Waals surface area (Å²) in [4.78, 5) is 12.6.